The van der Waals surface area contributed by atoms with E-state index in [-0.39, 0.29) is 15.0 Å². The van der Waals surface area contributed by atoms with E-state index >= 15 is 0 Å². The molecule has 0 spiro atoms. The first-order valence-corrected chi connectivity index (χ1v) is 8.43. The fraction of sp³-hybridized carbons (Fsp3) is 0.364. The van der Waals surface area contributed by atoms with Gasteiger partial charge in [-0.05, 0) is 19.4 Å². The van der Waals surface area contributed by atoms with Crippen molar-refractivity contribution in [2.24, 2.45) is 12.2 Å². The van der Waals surface area contributed by atoms with Crippen LogP contribution in [0.5, 0.6) is 0 Å². The van der Waals surface area contributed by atoms with Crippen LogP contribution in [0.15, 0.2) is 10.3 Å². The summed E-state index contributed by atoms with van der Waals surface area (Å²) >= 11 is 0.822. The Morgan fingerprint density at radius 3 is 2.67 bits per heavy atom. The highest BCUT2D eigenvalue weighted by molar-refractivity contribution is 7.91. The van der Waals surface area contributed by atoms with Gasteiger partial charge < -0.3 is 0 Å². The van der Waals surface area contributed by atoms with Gasteiger partial charge in [0.25, 0.3) is 5.91 Å². The lowest BCUT2D eigenvalue weighted by atomic mass is 10.3. The third-order valence-electron chi connectivity index (χ3n) is 2.76. The van der Waals surface area contributed by atoms with Crippen molar-refractivity contribution in [2.75, 3.05) is 5.32 Å². The van der Waals surface area contributed by atoms with Crippen LogP contribution in [0.2, 0.25) is 0 Å². The van der Waals surface area contributed by atoms with Gasteiger partial charge in [-0.25, -0.2) is 18.5 Å². The Morgan fingerprint density at radius 2 is 2.19 bits per heavy atom. The Labute approximate surface area is 126 Å². The van der Waals surface area contributed by atoms with Crippen LogP contribution >= 0.6 is 11.3 Å². The number of amides is 1. The first kappa shape index (κ1) is 15.6. The van der Waals surface area contributed by atoms with Crippen molar-refractivity contribution < 1.29 is 13.2 Å². The average molecular weight is 329 g/mol. The van der Waals surface area contributed by atoms with E-state index in [1.165, 1.54) is 11.6 Å². The normalized spacial score (nSPS) is 11.6. The van der Waals surface area contributed by atoms with Gasteiger partial charge in [-0.1, -0.05) is 18.3 Å². The molecule has 0 aromatic carbocycles. The number of rotatable bonds is 4. The summed E-state index contributed by atoms with van der Waals surface area (Å²) in [7, 11) is -2.17. The number of aromatic nitrogens is 3. The molecule has 0 atom stereocenters. The second-order valence-corrected chi connectivity index (χ2v) is 7.14. The summed E-state index contributed by atoms with van der Waals surface area (Å²) in [6.07, 6.45) is 0.715. The molecular formula is C11H15N5O3S2. The molecule has 3 N–H and O–H groups in total. The van der Waals surface area contributed by atoms with Gasteiger partial charge in [-0.3, -0.25) is 14.8 Å². The van der Waals surface area contributed by atoms with E-state index in [1.54, 1.807) is 13.1 Å². The highest BCUT2D eigenvalue weighted by Crippen LogP contribution is 2.26. The van der Waals surface area contributed by atoms with Crippen LogP contribution in [-0.2, 0) is 23.5 Å². The summed E-state index contributed by atoms with van der Waals surface area (Å²) in [5, 5.41) is 12.0. The molecule has 0 aliphatic carbocycles. The molecule has 2 aromatic heterocycles. The lowest BCUT2D eigenvalue weighted by molar-refractivity contribution is 0.101. The molecule has 0 saturated heterocycles. The van der Waals surface area contributed by atoms with E-state index < -0.39 is 15.9 Å². The molecule has 0 radical (unpaired) electrons. The van der Waals surface area contributed by atoms with Gasteiger partial charge in [-0.15, -0.1) is 0 Å². The minimum absolute atomic E-state index is 0.0583. The highest BCUT2D eigenvalue weighted by atomic mass is 32.2. The number of nitrogens with two attached hydrogens (primary N) is 1. The Hall–Kier alpha value is -1.78. The van der Waals surface area contributed by atoms with Crippen molar-refractivity contribution in [2.45, 2.75) is 24.5 Å². The largest absolute Gasteiger partial charge is 0.296 e. The lowest BCUT2D eigenvalue weighted by Crippen LogP contribution is -2.15. The van der Waals surface area contributed by atoms with Crippen LogP contribution in [0.1, 0.15) is 28.8 Å². The Bertz CT molecular complexity index is 791. The SMILES string of the molecule is CCc1cc(C(=O)Nc2nc(C)c(S(N)(=O)=O)s2)n(C)n1. The molecule has 2 rings (SSSR count). The molecule has 114 valence electrons. The lowest BCUT2D eigenvalue weighted by Gasteiger charge is -2.00. The van der Waals surface area contributed by atoms with Crippen LogP contribution in [0.25, 0.3) is 0 Å². The Morgan fingerprint density at radius 1 is 1.52 bits per heavy atom. The van der Waals surface area contributed by atoms with E-state index in [0.29, 0.717) is 12.1 Å². The number of carbonyl (C=O) groups is 1. The van der Waals surface area contributed by atoms with E-state index in [9.17, 15) is 13.2 Å². The molecule has 0 aliphatic heterocycles. The first-order chi connectivity index (χ1) is 9.72. The second-order valence-electron chi connectivity index (χ2n) is 4.39. The van der Waals surface area contributed by atoms with Crippen molar-refractivity contribution in [1.82, 2.24) is 14.8 Å². The molecule has 1 amide bonds. The van der Waals surface area contributed by atoms with Crippen LogP contribution in [0, 0.1) is 6.92 Å². The number of anilines is 1. The third-order valence-corrected chi connectivity index (χ3v) is 5.38. The zero-order valence-corrected chi connectivity index (χ0v) is 13.4. The van der Waals surface area contributed by atoms with Crippen molar-refractivity contribution in [3.8, 4) is 0 Å². The van der Waals surface area contributed by atoms with Crippen LogP contribution in [0.3, 0.4) is 0 Å². The predicted octanol–water partition coefficient (Wildman–Crippen LogP) is 0.647. The number of nitrogens with one attached hydrogen (secondary N) is 1. The highest BCUT2D eigenvalue weighted by Gasteiger charge is 2.20. The smallest absolute Gasteiger partial charge is 0.275 e. The fourth-order valence-electron chi connectivity index (χ4n) is 1.77. The fourth-order valence-corrected chi connectivity index (χ4v) is 3.63. The predicted molar refractivity (Wildman–Crippen MR) is 78.8 cm³/mol. The van der Waals surface area contributed by atoms with Crippen LogP contribution in [0.4, 0.5) is 5.13 Å². The maximum Gasteiger partial charge on any atom is 0.275 e. The number of primary sulfonamides is 1. The van der Waals surface area contributed by atoms with Crippen molar-refractivity contribution in [3.05, 3.63) is 23.1 Å². The topological polar surface area (TPSA) is 120 Å². The number of nitrogens with zero attached hydrogens (tertiary/aromatic N) is 3. The van der Waals surface area contributed by atoms with Gasteiger partial charge in [0.2, 0.25) is 10.0 Å². The van der Waals surface area contributed by atoms with Crippen LogP contribution < -0.4 is 10.5 Å². The molecule has 2 aromatic rings. The minimum Gasteiger partial charge on any atom is -0.296 e. The number of carbonyl (C=O) groups excluding carboxylic acids is 1. The molecule has 8 nitrogen and oxygen atoms in total. The quantitative estimate of drug-likeness (QED) is 0.853. The van der Waals surface area contributed by atoms with Crippen molar-refractivity contribution in [3.63, 3.8) is 0 Å². The molecule has 0 aliphatic rings. The molecule has 21 heavy (non-hydrogen) atoms. The minimum atomic E-state index is -3.83. The van der Waals surface area contributed by atoms with Crippen molar-refractivity contribution in [1.29, 1.82) is 0 Å². The number of aryl methyl sites for hydroxylation is 3. The molecule has 0 fully saturated rings. The summed E-state index contributed by atoms with van der Waals surface area (Å²) in [4.78, 5) is 16.1. The maximum atomic E-state index is 12.1. The zero-order chi connectivity index (χ0) is 15.8. The second kappa shape index (κ2) is 5.54. The monoisotopic (exact) mass is 329 g/mol. The zero-order valence-electron chi connectivity index (χ0n) is 11.7. The standard InChI is InChI=1S/C11H15N5O3S2/c1-4-7-5-8(16(3)15-7)9(17)14-11-13-6(2)10(20-11)21(12,18)19/h5H,4H2,1-3H3,(H2,12,18,19)(H,13,14,17). The van der Waals surface area contributed by atoms with E-state index in [2.05, 4.69) is 15.4 Å². The molecule has 2 heterocycles. The summed E-state index contributed by atoms with van der Waals surface area (Å²) in [6.45, 7) is 3.46. The van der Waals surface area contributed by atoms with Gasteiger partial charge in [0.1, 0.15) is 5.69 Å². The van der Waals surface area contributed by atoms with Gasteiger partial charge >= 0.3 is 0 Å². The van der Waals surface area contributed by atoms with Gasteiger partial charge in [0, 0.05) is 7.05 Å². The maximum absolute atomic E-state index is 12.1. The van der Waals surface area contributed by atoms with E-state index in [0.717, 1.165) is 17.0 Å². The number of sulfonamides is 1. The van der Waals surface area contributed by atoms with E-state index in [4.69, 9.17) is 5.14 Å². The van der Waals surface area contributed by atoms with Crippen molar-refractivity contribution >= 4 is 32.4 Å². The number of hydrogen-bond donors (Lipinski definition) is 2. The number of thiazole rings is 1. The molecule has 0 unspecified atom stereocenters. The van der Waals surface area contributed by atoms with E-state index in [1.807, 2.05) is 6.92 Å². The molecule has 0 bridgehead atoms. The first-order valence-electron chi connectivity index (χ1n) is 6.07. The molecule has 10 heteroatoms. The summed E-state index contributed by atoms with van der Waals surface area (Å²) in [5.74, 6) is -0.403. The van der Waals surface area contributed by atoms with Gasteiger partial charge in [0.15, 0.2) is 9.34 Å². The van der Waals surface area contributed by atoms with Gasteiger partial charge in [0.05, 0.1) is 11.4 Å². The number of hydrogen-bond acceptors (Lipinski definition) is 6. The van der Waals surface area contributed by atoms with Gasteiger partial charge in [-0.2, -0.15) is 5.10 Å². The average Bonchev–Trinajstić information content (AvgIpc) is 2.91. The summed E-state index contributed by atoms with van der Waals surface area (Å²) < 4.78 is 24.1. The Kier molecular flexibility index (Phi) is 4.12. The summed E-state index contributed by atoms with van der Waals surface area (Å²) in [6, 6.07) is 1.68. The third kappa shape index (κ3) is 3.28. The Balaban J connectivity index is 2.26. The van der Waals surface area contributed by atoms with Crippen LogP contribution in [-0.4, -0.2) is 29.1 Å². The molecule has 0 saturated carbocycles. The molecular weight excluding hydrogens is 314 g/mol. The summed E-state index contributed by atoms with van der Waals surface area (Å²) in [5.41, 5.74) is 1.43.